The molecular weight excluding hydrogens is 422 g/mol. The quantitative estimate of drug-likeness (QED) is 0.444. The molecule has 1 aromatic heterocycles. The van der Waals surface area contributed by atoms with Crippen molar-refractivity contribution in [2.24, 2.45) is 0 Å². The Hall–Kier alpha value is -3.97. The second kappa shape index (κ2) is 9.45. The molecule has 2 amide bonds. The van der Waals surface area contributed by atoms with E-state index in [-0.39, 0.29) is 15.8 Å². The van der Waals surface area contributed by atoms with Gasteiger partial charge in [-0.15, -0.1) is 0 Å². The minimum Gasteiger partial charge on any atom is -0.334 e. The van der Waals surface area contributed by atoms with Crippen molar-refractivity contribution < 1.29 is 13.2 Å². The Labute approximate surface area is 186 Å². The number of nitrogens with one attached hydrogen (secondary N) is 2. The smallest absolute Gasteiger partial charge is 0.319 e. The van der Waals surface area contributed by atoms with Crippen LogP contribution in [0.2, 0.25) is 0 Å². The Morgan fingerprint density at radius 3 is 2.25 bits per heavy atom. The Bertz CT molecular complexity index is 1310. The van der Waals surface area contributed by atoms with Gasteiger partial charge in [0.1, 0.15) is 0 Å². The minimum atomic E-state index is -3.70. The van der Waals surface area contributed by atoms with E-state index in [1.165, 1.54) is 12.1 Å². The Morgan fingerprint density at radius 2 is 1.53 bits per heavy atom. The van der Waals surface area contributed by atoms with E-state index >= 15 is 0 Å². The Morgan fingerprint density at radius 1 is 0.781 bits per heavy atom. The maximum atomic E-state index is 13.1. The van der Waals surface area contributed by atoms with E-state index in [1.807, 2.05) is 42.5 Å². The summed E-state index contributed by atoms with van der Waals surface area (Å²) < 4.78 is 26.2. The number of anilines is 1. The molecule has 3 aromatic carbocycles. The van der Waals surface area contributed by atoms with Gasteiger partial charge in [-0.25, -0.2) is 13.2 Å². The van der Waals surface area contributed by atoms with Crippen LogP contribution in [0.1, 0.15) is 5.56 Å². The number of aromatic nitrogens is 1. The summed E-state index contributed by atoms with van der Waals surface area (Å²) in [5.74, 6) is 0. The number of hydrogen-bond donors (Lipinski definition) is 2. The lowest BCUT2D eigenvalue weighted by molar-refractivity contribution is 0.251. The molecule has 4 aromatic rings. The SMILES string of the molecule is O=C(NCc1cccnc1)Nc1ccc(S(=O)(=O)c2cccc(-c3ccccc3)c2)cc1. The summed E-state index contributed by atoms with van der Waals surface area (Å²) in [5.41, 5.74) is 3.14. The third-order valence-electron chi connectivity index (χ3n) is 4.85. The molecule has 2 N–H and O–H groups in total. The number of carbonyl (C=O) groups is 1. The molecule has 0 fully saturated rings. The van der Waals surface area contributed by atoms with Crippen molar-refractivity contribution in [3.8, 4) is 11.1 Å². The van der Waals surface area contributed by atoms with Gasteiger partial charge in [0.15, 0.2) is 0 Å². The minimum absolute atomic E-state index is 0.157. The number of hydrogen-bond acceptors (Lipinski definition) is 4. The fourth-order valence-corrected chi connectivity index (χ4v) is 4.49. The van der Waals surface area contributed by atoms with Crippen molar-refractivity contribution in [1.82, 2.24) is 10.3 Å². The normalized spacial score (nSPS) is 11.0. The van der Waals surface area contributed by atoms with Gasteiger partial charge in [-0.1, -0.05) is 48.5 Å². The third-order valence-corrected chi connectivity index (χ3v) is 6.62. The molecule has 7 heteroatoms. The molecule has 0 aliphatic carbocycles. The molecule has 4 rings (SSSR count). The first-order chi connectivity index (χ1) is 15.5. The molecule has 0 aliphatic rings. The molecule has 0 radical (unpaired) electrons. The molecule has 1 heterocycles. The summed E-state index contributed by atoms with van der Waals surface area (Å²) in [5, 5.41) is 5.43. The van der Waals surface area contributed by atoms with Crippen molar-refractivity contribution in [2.75, 3.05) is 5.32 Å². The number of amides is 2. The van der Waals surface area contributed by atoms with Gasteiger partial charge in [-0.2, -0.15) is 0 Å². The second-order valence-electron chi connectivity index (χ2n) is 7.09. The molecule has 0 saturated heterocycles. The number of nitrogens with zero attached hydrogens (tertiary/aromatic N) is 1. The fraction of sp³-hybridized carbons (Fsp3) is 0.0400. The number of pyridine rings is 1. The highest BCUT2D eigenvalue weighted by Crippen LogP contribution is 2.27. The largest absolute Gasteiger partial charge is 0.334 e. The molecular formula is C25H21N3O3S. The lowest BCUT2D eigenvalue weighted by atomic mass is 10.1. The van der Waals surface area contributed by atoms with E-state index in [1.54, 1.807) is 48.8 Å². The number of carbonyl (C=O) groups excluding carboxylic acids is 1. The summed E-state index contributed by atoms with van der Waals surface area (Å²) in [4.78, 5) is 16.5. The highest BCUT2D eigenvalue weighted by atomic mass is 32.2. The van der Waals surface area contributed by atoms with Gasteiger partial charge in [0.25, 0.3) is 0 Å². The summed E-state index contributed by atoms with van der Waals surface area (Å²) >= 11 is 0. The van der Waals surface area contributed by atoms with Crippen molar-refractivity contribution in [2.45, 2.75) is 16.3 Å². The monoisotopic (exact) mass is 443 g/mol. The number of urea groups is 1. The van der Waals surface area contributed by atoms with Crippen LogP contribution in [0.25, 0.3) is 11.1 Å². The van der Waals surface area contributed by atoms with Crippen LogP contribution in [0.4, 0.5) is 10.5 Å². The lowest BCUT2D eigenvalue weighted by Gasteiger charge is -2.10. The summed E-state index contributed by atoms with van der Waals surface area (Å²) in [6.45, 7) is 0.337. The van der Waals surface area contributed by atoms with E-state index in [2.05, 4.69) is 15.6 Å². The van der Waals surface area contributed by atoms with Gasteiger partial charge in [0.05, 0.1) is 9.79 Å². The molecule has 0 unspecified atom stereocenters. The Balaban J connectivity index is 1.46. The van der Waals surface area contributed by atoms with Crippen molar-refractivity contribution in [3.63, 3.8) is 0 Å². The summed E-state index contributed by atoms with van der Waals surface area (Å²) in [7, 11) is -3.70. The van der Waals surface area contributed by atoms with Gasteiger partial charge in [-0.3, -0.25) is 4.98 Å². The van der Waals surface area contributed by atoms with Crippen molar-refractivity contribution >= 4 is 21.6 Å². The fourth-order valence-electron chi connectivity index (χ4n) is 3.19. The zero-order valence-corrected chi connectivity index (χ0v) is 17.9. The molecule has 0 atom stereocenters. The predicted molar refractivity (Wildman–Crippen MR) is 124 cm³/mol. The van der Waals surface area contributed by atoms with Gasteiger partial charge in [-0.05, 0) is 59.2 Å². The molecule has 0 bridgehead atoms. The number of benzene rings is 3. The van der Waals surface area contributed by atoms with E-state index in [0.717, 1.165) is 16.7 Å². The maximum Gasteiger partial charge on any atom is 0.319 e. The maximum absolute atomic E-state index is 13.1. The third kappa shape index (κ3) is 5.01. The summed E-state index contributed by atoms with van der Waals surface area (Å²) in [6.07, 6.45) is 3.34. The molecule has 160 valence electrons. The Kier molecular flexibility index (Phi) is 6.28. The second-order valence-corrected chi connectivity index (χ2v) is 9.04. The van der Waals surface area contributed by atoms with E-state index < -0.39 is 9.84 Å². The predicted octanol–water partition coefficient (Wildman–Crippen LogP) is 4.90. The van der Waals surface area contributed by atoms with E-state index in [0.29, 0.717) is 12.2 Å². The van der Waals surface area contributed by atoms with Gasteiger partial charge in [0, 0.05) is 24.6 Å². The van der Waals surface area contributed by atoms with Gasteiger partial charge < -0.3 is 10.6 Å². The lowest BCUT2D eigenvalue weighted by Crippen LogP contribution is -2.28. The van der Waals surface area contributed by atoms with Crippen LogP contribution >= 0.6 is 0 Å². The van der Waals surface area contributed by atoms with Crippen molar-refractivity contribution in [3.05, 3.63) is 109 Å². The number of sulfone groups is 1. The topological polar surface area (TPSA) is 88.2 Å². The zero-order chi connectivity index (χ0) is 22.4. The average molecular weight is 444 g/mol. The van der Waals surface area contributed by atoms with Crippen LogP contribution in [0.15, 0.2) is 113 Å². The number of rotatable bonds is 6. The van der Waals surface area contributed by atoms with Crippen LogP contribution in [-0.4, -0.2) is 19.4 Å². The standard InChI is InChI=1S/C25H21N3O3S/c29-25(27-18-19-6-5-15-26-17-19)28-22-11-13-23(14-12-22)32(30,31)24-10-4-9-21(16-24)20-7-2-1-3-8-20/h1-17H,18H2,(H2,27,28,29). The van der Waals surface area contributed by atoms with Crippen LogP contribution in [0.3, 0.4) is 0 Å². The van der Waals surface area contributed by atoms with Gasteiger partial charge in [0.2, 0.25) is 9.84 Å². The van der Waals surface area contributed by atoms with Crippen LogP contribution < -0.4 is 10.6 Å². The molecule has 0 saturated carbocycles. The van der Waals surface area contributed by atoms with Gasteiger partial charge >= 0.3 is 6.03 Å². The zero-order valence-electron chi connectivity index (χ0n) is 17.1. The van der Waals surface area contributed by atoms with Crippen molar-refractivity contribution in [1.29, 1.82) is 0 Å². The average Bonchev–Trinajstić information content (AvgIpc) is 2.84. The first kappa shape index (κ1) is 21.3. The highest BCUT2D eigenvalue weighted by Gasteiger charge is 2.18. The molecule has 6 nitrogen and oxygen atoms in total. The van der Waals surface area contributed by atoms with Crippen LogP contribution in [0, 0.1) is 0 Å². The van der Waals surface area contributed by atoms with Crippen LogP contribution in [-0.2, 0) is 16.4 Å². The summed E-state index contributed by atoms with van der Waals surface area (Å²) in [6, 6.07) is 25.9. The first-order valence-electron chi connectivity index (χ1n) is 9.97. The molecule has 0 aliphatic heterocycles. The first-order valence-corrected chi connectivity index (χ1v) is 11.4. The molecule has 0 spiro atoms. The molecule has 32 heavy (non-hydrogen) atoms. The van der Waals surface area contributed by atoms with E-state index in [4.69, 9.17) is 0 Å². The van der Waals surface area contributed by atoms with Crippen LogP contribution in [0.5, 0.6) is 0 Å². The highest BCUT2D eigenvalue weighted by molar-refractivity contribution is 7.91. The van der Waals surface area contributed by atoms with E-state index in [9.17, 15) is 13.2 Å².